The molecule has 0 unspecified atom stereocenters. The summed E-state index contributed by atoms with van der Waals surface area (Å²) in [6, 6.07) is 1.95. The lowest BCUT2D eigenvalue weighted by molar-refractivity contribution is -0.137. The van der Waals surface area contributed by atoms with E-state index in [-0.39, 0.29) is 6.42 Å². The van der Waals surface area contributed by atoms with Crippen molar-refractivity contribution in [1.29, 1.82) is 0 Å². The molecule has 2 aromatic rings. The number of carboxylic acid groups (broad SMARTS) is 1. The second kappa shape index (κ2) is 5.03. The van der Waals surface area contributed by atoms with Gasteiger partial charge in [0.2, 0.25) is 0 Å². The second-order valence-corrected chi connectivity index (χ2v) is 4.67. The highest BCUT2D eigenvalue weighted by molar-refractivity contribution is 7.18. The highest BCUT2D eigenvalue weighted by atomic mass is 32.1. The predicted molar refractivity (Wildman–Crippen MR) is 62.6 cm³/mol. The zero-order chi connectivity index (χ0) is 11.4. The van der Waals surface area contributed by atoms with E-state index in [9.17, 15) is 4.79 Å². The van der Waals surface area contributed by atoms with E-state index in [0.29, 0.717) is 6.42 Å². The number of fused-ring (bicyclic) bond motifs is 1. The van der Waals surface area contributed by atoms with Gasteiger partial charge in [-0.1, -0.05) is 0 Å². The highest BCUT2D eigenvalue weighted by Crippen LogP contribution is 2.22. The summed E-state index contributed by atoms with van der Waals surface area (Å²) in [6.45, 7) is 0. The molecule has 2 rings (SSSR count). The summed E-state index contributed by atoms with van der Waals surface area (Å²) >= 11 is 1.66. The second-order valence-electron chi connectivity index (χ2n) is 3.55. The van der Waals surface area contributed by atoms with Gasteiger partial charge in [-0.3, -0.25) is 9.78 Å². The molecule has 0 atom stereocenters. The van der Waals surface area contributed by atoms with Crippen molar-refractivity contribution in [3.05, 3.63) is 23.5 Å². The van der Waals surface area contributed by atoms with Gasteiger partial charge in [-0.15, -0.1) is 11.3 Å². The minimum absolute atomic E-state index is 0.243. The number of thiazole rings is 1. The van der Waals surface area contributed by atoms with Gasteiger partial charge in [-0.2, -0.15) is 0 Å². The van der Waals surface area contributed by atoms with Crippen LogP contribution in [0.3, 0.4) is 0 Å². The molecule has 0 saturated carbocycles. The minimum Gasteiger partial charge on any atom is -0.481 e. The van der Waals surface area contributed by atoms with Crippen LogP contribution >= 0.6 is 11.3 Å². The van der Waals surface area contributed by atoms with Crippen LogP contribution in [0.4, 0.5) is 0 Å². The number of carboxylic acids is 1. The standard InChI is InChI=1S/C11H12N2O2S/c14-11(15)4-2-1-3-10-13-8-7-12-6-5-9(8)16-10/h5-7H,1-4H2,(H,14,15). The third-order valence-corrected chi connectivity index (χ3v) is 3.36. The van der Waals surface area contributed by atoms with Crippen molar-refractivity contribution in [3.8, 4) is 0 Å². The van der Waals surface area contributed by atoms with Gasteiger partial charge in [0, 0.05) is 12.6 Å². The quantitative estimate of drug-likeness (QED) is 0.810. The number of aliphatic carboxylic acids is 1. The molecule has 0 spiro atoms. The van der Waals surface area contributed by atoms with E-state index in [1.165, 1.54) is 0 Å². The Balaban J connectivity index is 1.92. The summed E-state index contributed by atoms with van der Waals surface area (Å²) < 4.78 is 1.14. The summed E-state index contributed by atoms with van der Waals surface area (Å²) in [5.74, 6) is -0.728. The molecule has 0 aliphatic heterocycles. The molecule has 0 fully saturated rings. The van der Waals surface area contributed by atoms with Crippen molar-refractivity contribution >= 4 is 27.5 Å². The summed E-state index contributed by atoms with van der Waals surface area (Å²) in [5.41, 5.74) is 0.931. The Morgan fingerprint density at radius 1 is 1.44 bits per heavy atom. The first kappa shape index (κ1) is 11.0. The Labute approximate surface area is 97.0 Å². The average Bonchev–Trinajstić information content (AvgIpc) is 2.66. The number of hydrogen-bond donors (Lipinski definition) is 1. The third kappa shape index (κ3) is 2.76. The molecule has 0 aromatic carbocycles. The van der Waals surface area contributed by atoms with Gasteiger partial charge in [-0.25, -0.2) is 4.98 Å². The van der Waals surface area contributed by atoms with Crippen molar-refractivity contribution in [3.63, 3.8) is 0 Å². The van der Waals surface area contributed by atoms with Gasteiger partial charge < -0.3 is 5.11 Å². The first-order valence-electron chi connectivity index (χ1n) is 5.17. The molecule has 5 heteroatoms. The molecule has 0 radical (unpaired) electrons. The Morgan fingerprint density at radius 3 is 3.06 bits per heavy atom. The van der Waals surface area contributed by atoms with E-state index < -0.39 is 5.97 Å². The minimum atomic E-state index is -0.728. The van der Waals surface area contributed by atoms with Crippen LogP contribution in [0.2, 0.25) is 0 Å². The predicted octanol–water partition coefficient (Wildman–Crippen LogP) is 2.49. The van der Waals surface area contributed by atoms with Gasteiger partial charge in [0.1, 0.15) is 0 Å². The molecule has 0 aliphatic carbocycles. The first-order valence-corrected chi connectivity index (χ1v) is 5.98. The van der Waals surface area contributed by atoms with E-state index in [1.54, 1.807) is 23.7 Å². The van der Waals surface area contributed by atoms with Gasteiger partial charge in [0.15, 0.2) is 0 Å². The van der Waals surface area contributed by atoms with Gasteiger partial charge in [0.05, 0.1) is 21.4 Å². The topological polar surface area (TPSA) is 63.1 Å². The van der Waals surface area contributed by atoms with E-state index in [2.05, 4.69) is 9.97 Å². The Bertz CT molecular complexity index is 462. The molecule has 0 bridgehead atoms. The van der Waals surface area contributed by atoms with E-state index in [4.69, 9.17) is 5.11 Å². The summed E-state index contributed by atoms with van der Waals surface area (Å²) in [5, 5.41) is 9.57. The molecule has 16 heavy (non-hydrogen) atoms. The van der Waals surface area contributed by atoms with Crippen molar-refractivity contribution in [2.24, 2.45) is 0 Å². The van der Waals surface area contributed by atoms with E-state index >= 15 is 0 Å². The first-order chi connectivity index (χ1) is 7.75. The maximum absolute atomic E-state index is 10.3. The number of aromatic nitrogens is 2. The number of hydrogen-bond acceptors (Lipinski definition) is 4. The number of nitrogens with zero attached hydrogens (tertiary/aromatic N) is 2. The molecule has 2 aromatic heterocycles. The van der Waals surface area contributed by atoms with Crippen LogP contribution in [0.25, 0.3) is 10.2 Å². The fourth-order valence-corrected chi connectivity index (χ4v) is 2.46. The number of carbonyl (C=O) groups is 1. The van der Waals surface area contributed by atoms with Crippen LogP contribution in [-0.2, 0) is 11.2 Å². The molecule has 4 nitrogen and oxygen atoms in total. The van der Waals surface area contributed by atoms with Crippen LogP contribution in [0.15, 0.2) is 18.5 Å². The summed E-state index contributed by atoms with van der Waals surface area (Å²) in [4.78, 5) is 18.8. The van der Waals surface area contributed by atoms with Crippen molar-refractivity contribution in [2.45, 2.75) is 25.7 Å². The zero-order valence-electron chi connectivity index (χ0n) is 8.72. The van der Waals surface area contributed by atoms with Gasteiger partial charge >= 0.3 is 5.97 Å². The number of unbranched alkanes of at least 4 members (excludes halogenated alkanes) is 1. The Kier molecular flexibility index (Phi) is 3.46. The molecule has 2 heterocycles. The van der Waals surface area contributed by atoms with Crippen LogP contribution < -0.4 is 0 Å². The van der Waals surface area contributed by atoms with E-state index in [1.807, 2.05) is 6.07 Å². The van der Waals surface area contributed by atoms with Gasteiger partial charge in [-0.05, 0) is 25.3 Å². The smallest absolute Gasteiger partial charge is 0.303 e. The molecule has 84 valence electrons. The number of aryl methyl sites for hydroxylation is 1. The maximum Gasteiger partial charge on any atom is 0.303 e. The van der Waals surface area contributed by atoms with E-state index in [0.717, 1.165) is 28.1 Å². The van der Waals surface area contributed by atoms with Crippen LogP contribution in [0.5, 0.6) is 0 Å². The molecule has 0 saturated heterocycles. The van der Waals surface area contributed by atoms with Crippen LogP contribution in [0.1, 0.15) is 24.3 Å². The zero-order valence-corrected chi connectivity index (χ0v) is 9.54. The molecular weight excluding hydrogens is 224 g/mol. The number of pyridine rings is 1. The van der Waals surface area contributed by atoms with Crippen LogP contribution in [0, 0.1) is 0 Å². The van der Waals surface area contributed by atoms with Crippen molar-refractivity contribution in [2.75, 3.05) is 0 Å². The SMILES string of the molecule is O=C(O)CCCCc1nc2cnccc2s1. The van der Waals surface area contributed by atoms with Crippen molar-refractivity contribution < 1.29 is 9.90 Å². The average molecular weight is 236 g/mol. The lowest BCUT2D eigenvalue weighted by atomic mass is 10.2. The fourth-order valence-electron chi connectivity index (χ4n) is 1.49. The lowest BCUT2D eigenvalue weighted by Crippen LogP contribution is -1.94. The van der Waals surface area contributed by atoms with Crippen LogP contribution in [-0.4, -0.2) is 21.0 Å². The molecule has 0 amide bonds. The highest BCUT2D eigenvalue weighted by Gasteiger charge is 2.03. The fraction of sp³-hybridized carbons (Fsp3) is 0.364. The molecular formula is C11H12N2O2S. The Hall–Kier alpha value is -1.49. The van der Waals surface area contributed by atoms with Crippen molar-refractivity contribution in [1.82, 2.24) is 9.97 Å². The maximum atomic E-state index is 10.3. The van der Waals surface area contributed by atoms with Gasteiger partial charge in [0.25, 0.3) is 0 Å². The summed E-state index contributed by atoms with van der Waals surface area (Å²) in [7, 11) is 0. The largest absolute Gasteiger partial charge is 0.481 e. The normalized spacial score (nSPS) is 10.8. The Morgan fingerprint density at radius 2 is 2.31 bits per heavy atom. The summed E-state index contributed by atoms with van der Waals surface area (Å²) in [6.07, 6.45) is 6.20. The monoisotopic (exact) mass is 236 g/mol. The molecule has 1 N–H and O–H groups in total. The lowest BCUT2D eigenvalue weighted by Gasteiger charge is -1.94. The third-order valence-electron chi connectivity index (χ3n) is 2.27. The number of rotatable bonds is 5. The molecule has 0 aliphatic rings.